The van der Waals surface area contributed by atoms with E-state index in [1.807, 2.05) is 0 Å². The van der Waals surface area contributed by atoms with Crippen molar-refractivity contribution in [3.05, 3.63) is 35.0 Å². The highest BCUT2D eigenvalue weighted by atomic mass is 35.5. The van der Waals surface area contributed by atoms with Crippen LogP contribution in [0, 0.1) is 17.6 Å². The second kappa shape index (κ2) is 11.2. The molecule has 1 atom stereocenters. The van der Waals surface area contributed by atoms with Gasteiger partial charge in [0.2, 0.25) is 17.8 Å². The molecule has 0 spiro atoms. The van der Waals surface area contributed by atoms with Gasteiger partial charge in [-0.15, -0.1) is 0 Å². The Bertz CT molecular complexity index is 1370. The molecule has 11 nitrogen and oxygen atoms in total. The molecule has 2 fully saturated rings. The number of primary amides is 1. The Labute approximate surface area is 228 Å². The summed E-state index contributed by atoms with van der Waals surface area (Å²) in [6, 6.07) is 1.79. The van der Waals surface area contributed by atoms with Crippen LogP contribution in [0.5, 0.6) is 0 Å². The third kappa shape index (κ3) is 5.68. The zero-order chi connectivity index (χ0) is 27.7. The van der Waals surface area contributed by atoms with Crippen molar-refractivity contribution in [1.29, 1.82) is 0 Å². The van der Waals surface area contributed by atoms with Gasteiger partial charge in [-0.3, -0.25) is 9.36 Å². The number of nitrogens with one attached hydrogen (secondary N) is 2. The fourth-order valence-corrected chi connectivity index (χ4v) is 5.55. The second-order valence-corrected chi connectivity index (χ2v) is 10.3. The number of benzene rings is 1. The average Bonchev–Trinajstić information content (AvgIpc) is 3.27. The van der Waals surface area contributed by atoms with Crippen molar-refractivity contribution in [2.24, 2.45) is 11.7 Å². The van der Waals surface area contributed by atoms with E-state index in [1.54, 1.807) is 9.47 Å². The number of fused-ring (bicyclic) bond motifs is 1. The summed E-state index contributed by atoms with van der Waals surface area (Å²) in [6.07, 6.45) is 5.10. The summed E-state index contributed by atoms with van der Waals surface area (Å²) in [6.45, 7) is 1.05. The summed E-state index contributed by atoms with van der Waals surface area (Å²) in [4.78, 5) is 39.0. The second-order valence-electron chi connectivity index (χ2n) is 9.88. The van der Waals surface area contributed by atoms with Gasteiger partial charge in [-0.05, 0) is 50.7 Å². The number of piperidine rings is 1. The highest BCUT2D eigenvalue weighted by Gasteiger charge is 2.30. The Kier molecular flexibility index (Phi) is 7.69. The van der Waals surface area contributed by atoms with E-state index in [9.17, 15) is 18.4 Å². The first-order chi connectivity index (χ1) is 18.7. The maximum Gasteiger partial charge on any atom is 0.409 e. The zero-order valence-electron chi connectivity index (χ0n) is 21.3. The lowest BCUT2D eigenvalue weighted by molar-refractivity contribution is -0.122. The van der Waals surface area contributed by atoms with E-state index in [2.05, 4.69) is 20.6 Å². The van der Waals surface area contributed by atoms with Crippen molar-refractivity contribution in [3.63, 3.8) is 0 Å². The van der Waals surface area contributed by atoms with Crippen LogP contribution < -0.4 is 16.4 Å². The van der Waals surface area contributed by atoms with Gasteiger partial charge in [0.15, 0.2) is 17.3 Å². The number of ether oxygens (including phenoxy) is 1. The minimum atomic E-state index is -0.864. The number of halogens is 3. The summed E-state index contributed by atoms with van der Waals surface area (Å²) < 4.78 is 36.0. The van der Waals surface area contributed by atoms with Gasteiger partial charge in [0.1, 0.15) is 11.2 Å². The molecule has 0 bridgehead atoms. The number of carbonyl (C=O) groups is 2. The van der Waals surface area contributed by atoms with E-state index >= 15 is 0 Å². The Morgan fingerprint density at radius 2 is 1.85 bits per heavy atom. The Balaban J connectivity index is 1.48. The average molecular weight is 563 g/mol. The molecule has 1 aromatic carbocycles. The normalized spacial score (nSPS) is 21.5. The lowest BCUT2D eigenvalue weighted by Gasteiger charge is -2.32. The highest BCUT2D eigenvalue weighted by molar-refractivity contribution is 6.30. The Morgan fingerprint density at radius 1 is 1.13 bits per heavy atom. The van der Waals surface area contributed by atoms with Crippen molar-refractivity contribution in [1.82, 2.24) is 24.4 Å². The zero-order valence-corrected chi connectivity index (χ0v) is 22.0. The van der Waals surface area contributed by atoms with Gasteiger partial charge >= 0.3 is 6.09 Å². The number of carbonyl (C=O) groups excluding carboxylic acids is 2. The summed E-state index contributed by atoms with van der Waals surface area (Å²) in [5, 5.41) is 6.01. The predicted molar refractivity (Wildman–Crippen MR) is 141 cm³/mol. The third-order valence-corrected chi connectivity index (χ3v) is 7.55. The van der Waals surface area contributed by atoms with Gasteiger partial charge < -0.3 is 26.0 Å². The van der Waals surface area contributed by atoms with Crippen LogP contribution in [-0.2, 0) is 9.53 Å². The molecule has 208 valence electrons. The summed E-state index contributed by atoms with van der Waals surface area (Å²) in [5.41, 5.74) is 6.02. The quantitative estimate of drug-likeness (QED) is 0.402. The van der Waals surface area contributed by atoms with E-state index in [-0.39, 0.29) is 41.0 Å². The van der Waals surface area contributed by atoms with Gasteiger partial charge in [0.05, 0.1) is 13.3 Å². The molecule has 5 rings (SSSR count). The summed E-state index contributed by atoms with van der Waals surface area (Å²) in [5.74, 6) is -1.77. The predicted octanol–water partition coefficient (Wildman–Crippen LogP) is 4.36. The van der Waals surface area contributed by atoms with Gasteiger partial charge in [-0.1, -0.05) is 11.6 Å². The molecule has 14 heteroatoms. The van der Waals surface area contributed by atoms with Crippen LogP contribution in [0.3, 0.4) is 0 Å². The van der Waals surface area contributed by atoms with Crippen molar-refractivity contribution in [2.45, 2.75) is 50.6 Å². The number of amides is 2. The van der Waals surface area contributed by atoms with Gasteiger partial charge in [-0.25, -0.2) is 23.5 Å². The third-order valence-electron chi connectivity index (χ3n) is 7.33. The number of anilines is 3. The lowest BCUT2D eigenvalue weighted by Crippen LogP contribution is -2.45. The van der Waals surface area contributed by atoms with Gasteiger partial charge in [-0.2, -0.15) is 4.98 Å². The van der Waals surface area contributed by atoms with Crippen molar-refractivity contribution < 1.29 is 23.1 Å². The van der Waals surface area contributed by atoms with E-state index in [0.29, 0.717) is 55.9 Å². The standard InChI is InChI=1S/C25H29ClF2N8O3/c1-39-25(38)35-8-2-3-15(12-35)31-23-30-11-19-22(34-23)36(16-6-4-13(5-7-16)21(29)37)24(32-19)33-20-17(27)9-14(26)10-18(20)28/h9-11,13,15-16H,2-8,12H2,1H3,(H2,29,37)(H,32,33)(H,30,31,34)/t13-,15-,16-/m1/s1. The van der Waals surface area contributed by atoms with E-state index in [0.717, 1.165) is 25.0 Å². The molecule has 1 aliphatic carbocycles. The Hall–Kier alpha value is -3.74. The van der Waals surface area contributed by atoms with Crippen LogP contribution >= 0.6 is 11.6 Å². The molecule has 1 saturated carbocycles. The monoisotopic (exact) mass is 562 g/mol. The van der Waals surface area contributed by atoms with Crippen LogP contribution in [0.4, 0.5) is 31.2 Å². The number of rotatable bonds is 6. The van der Waals surface area contributed by atoms with Crippen LogP contribution in [0.15, 0.2) is 18.3 Å². The van der Waals surface area contributed by atoms with Gasteiger partial charge in [0, 0.05) is 36.1 Å². The fraction of sp³-hybridized carbons (Fsp3) is 0.480. The topological polar surface area (TPSA) is 140 Å². The summed E-state index contributed by atoms with van der Waals surface area (Å²) >= 11 is 5.79. The van der Waals surface area contributed by atoms with E-state index in [1.165, 1.54) is 13.3 Å². The molecule has 1 saturated heterocycles. The molecule has 2 amide bonds. The van der Waals surface area contributed by atoms with Crippen LogP contribution in [0.25, 0.3) is 11.2 Å². The molecule has 39 heavy (non-hydrogen) atoms. The highest BCUT2D eigenvalue weighted by Crippen LogP contribution is 2.37. The first-order valence-corrected chi connectivity index (χ1v) is 13.2. The number of likely N-dealkylation sites (tertiary alicyclic amines) is 1. The number of nitrogens with two attached hydrogens (primary N) is 1. The molecular weight excluding hydrogens is 534 g/mol. The number of hydrogen-bond donors (Lipinski definition) is 3. The molecule has 3 aromatic rings. The lowest BCUT2D eigenvalue weighted by atomic mass is 9.85. The molecule has 2 aliphatic rings. The van der Waals surface area contributed by atoms with Crippen LogP contribution in [0.1, 0.15) is 44.6 Å². The largest absolute Gasteiger partial charge is 0.453 e. The van der Waals surface area contributed by atoms with Crippen molar-refractivity contribution in [3.8, 4) is 0 Å². The smallest absolute Gasteiger partial charge is 0.409 e. The molecule has 4 N–H and O–H groups in total. The number of hydrogen-bond acceptors (Lipinski definition) is 8. The minimum absolute atomic E-state index is 0.0658. The fourth-order valence-electron chi connectivity index (χ4n) is 5.36. The van der Waals surface area contributed by atoms with Crippen LogP contribution in [0.2, 0.25) is 5.02 Å². The SMILES string of the molecule is COC(=O)N1CCC[C@@H](Nc2ncc3nc(Nc4c(F)cc(Cl)cc4F)n([C@H]4CC[C@H](C(N)=O)CC4)c3n2)C1. The molecule has 3 heterocycles. The van der Waals surface area contributed by atoms with E-state index < -0.39 is 17.3 Å². The van der Waals surface area contributed by atoms with Crippen molar-refractivity contribution in [2.75, 3.05) is 30.8 Å². The van der Waals surface area contributed by atoms with Gasteiger partial charge in [0.25, 0.3) is 0 Å². The first kappa shape index (κ1) is 26.9. The van der Waals surface area contributed by atoms with Crippen molar-refractivity contribution >= 4 is 52.3 Å². The molecular formula is C25H29ClF2N8O3. The molecule has 0 radical (unpaired) electrons. The number of nitrogens with zero attached hydrogens (tertiary/aromatic N) is 5. The number of imidazole rings is 1. The number of aromatic nitrogens is 4. The maximum atomic E-state index is 14.7. The summed E-state index contributed by atoms with van der Waals surface area (Å²) in [7, 11) is 1.35. The molecule has 2 aromatic heterocycles. The molecule has 0 unspecified atom stereocenters. The van der Waals surface area contributed by atoms with E-state index in [4.69, 9.17) is 27.1 Å². The van der Waals surface area contributed by atoms with Crippen LogP contribution in [-0.4, -0.2) is 62.7 Å². The molecule has 1 aliphatic heterocycles. The minimum Gasteiger partial charge on any atom is -0.453 e. The Morgan fingerprint density at radius 3 is 2.51 bits per heavy atom. The number of methoxy groups -OCH3 is 1. The maximum absolute atomic E-state index is 14.7. The first-order valence-electron chi connectivity index (χ1n) is 12.8.